The van der Waals surface area contributed by atoms with Gasteiger partial charge in [-0.25, -0.2) is 0 Å². The smallest absolute Gasteiger partial charge is 0.00108 e. The molecule has 1 nitrogen and oxygen atoms in total. The van der Waals surface area contributed by atoms with Crippen LogP contribution < -0.4 is 5.32 Å². The van der Waals surface area contributed by atoms with Crippen molar-refractivity contribution in [1.82, 2.24) is 5.32 Å². The van der Waals surface area contributed by atoms with Crippen molar-refractivity contribution >= 4 is 0 Å². The van der Waals surface area contributed by atoms with Crippen molar-refractivity contribution in [1.29, 1.82) is 0 Å². The molecule has 2 rings (SSSR count). The highest BCUT2D eigenvalue weighted by Gasteiger charge is 2.50. The molecule has 0 saturated heterocycles. The fourth-order valence-electron chi connectivity index (χ4n) is 5.22. The Kier molecular flexibility index (Phi) is 6.59. The predicted octanol–water partition coefficient (Wildman–Crippen LogP) is 5.64. The summed E-state index contributed by atoms with van der Waals surface area (Å²) in [7, 11) is 0. The SMILES string of the molecule is CCCCC(CC)CC1(CNCC(C)C)CC2CCC1C2. The molecule has 2 aliphatic rings. The molecule has 2 bridgehead atoms. The quantitative estimate of drug-likeness (QED) is 0.549. The lowest BCUT2D eigenvalue weighted by molar-refractivity contribution is 0.109. The molecule has 2 fully saturated rings. The molecule has 124 valence electrons. The third-order valence-electron chi connectivity index (χ3n) is 6.37. The number of hydrogen-bond acceptors (Lipinski definition) is 1. The van der Waals surface area contributed by atoms with Gasteiger partial charge < -0.3 is 5.32 Å². The second-order valence-electron chi connectivity index (χ2n) is 8.59. The first-order valence-electron chi connectivity index (χ1n) is 9.80. The van der Waals surface area contributed by atoms with E-state index >= 15 is 0 Å². The molecule has 0 aromatic heterocycles. The molecule has 0 amide bonds. The molecule has 2 saturated carbocycles. The molecule has 21 heavy (non-hydrogen) atoms. The lowest BCUT2D eigenvalue weighted by Crippen LogP contribution is -2.41. The van der Waals surface area contributed by atoms with Crippen molar-refractivity contribution in [2.75, 3.05) is 13.1 Å². The van der Waals surface area contributed by atoms with E-state index in [2.05, 4.69) is 33.0 Å². The summed E-state index contributed by atoms with van der Waals surface area (Å²) in [5.41, 5.74) is 0.659. The van der Waals surface area contributed by atoms with Gasteiger partial charge >= 0.3 is 0 Å². The largest absolute Gasteiger partial charge is 0.316 e. The Bertz CT molecular complexity index is 298. The maximum atomic E-state index is 3.84. The van der Waals surface area contributed by atoms with Crippen molar-refractivity contribution in [2.45, 2.75) is 85.5 Å². The van der Waals surface area contributed by atoms with Crippen LogP contribution in [-0.4, -0.2) is 13.1 Å². The van der Waals surface area contributed by atoms with Crippen molar-refractivity contribution in [3.63, 3.8) is 0 Å². The number of fused-ring (bicyclic) bond motifs is 2. The zero-order valence-corrected chi connectivity index (χ0v) is 15.1. The number of rotatable bonds is 10. The molecule has 0 aromatic carbocycles. The standard InChI is InChI=1S/C20H39N/c1-5-7-8-17(6-2)12-20(15-21-14-16(3)4)13-18-9-10-19(20)11-18/h16-19,21H,5-15H2,1-4H3. The van der Waals surface area contributed by atoms with Gasteiger partial charge in [0.1, 0.15) is 0 Å². The highest BCUT2D eigenvalue weighted by Crippen LogP contribution is 2.58. The van der Waals surface area contributed by atoms with Crippen LogP contribution in [0.4, 0.5) is 0 Å². The average Bonchev–Trinajstić information content (AvgIpc) is 3.04. The number of nitrogens with one attached hydrogen (secondary N) is 1. The van der Waals surface area contributed by atoms with E-state index in [1.807, 2.05) is 0 Å². The van der Waals surface area contributed by atoms with Gasteiger partial charge in [0.15, 0.2) is 0 Å². The van der Waals surface area contributed by atoms with E-state index in [1.54, 1.807) is 6.42 Å². The summed E-state index contributed by atoms with van der Waals surface area (Å²) in [6, 6.07) is 0. The first-order valence-corrected chi connectivity index (χ1v) is 9.80. The van der Waals surface area contributed by atoms with E-state index in [4.69, 9.17) is 0 Å². The van der Waals surface area contributed by atoms with Crippen LogP contribution in [0.25, 0.3) is 0 Å². The third kappa shape index (κ3) is 4.47. The zero-order chi connectivity index (χ0) is 15.3. The molecule has 4 atom stereocenters. The van der Waals surface area contributed by atoms with Crippen LogP contribution in [0.3, 0.4) is 0 Å². The van der Waals surface area contributed by atoms with E-state index < -0.39 is 0 Å². The van der Waals surface area contributed by atoms with Crippen molar-refractivity contribution in [3.8, 4) is 0 Å². The molecule has 0 aliphatic heterocycles. The number of hydrogen-bond donors (Lipinski definition) is 1. The van der Waals surface area contributed by atoms with Crippen LogP contribution in [0.5, 0.6) is 0 Å². The van der Waals surface area contributed by atoms with E-state index in [0.29, 0.717) is 5.41 Å². The fourth-order valence-corrected chi connectivity index (χ4v) is 5.22. The molecular weight excluding hydrogens is 254 g/mol. The van der Waals surface area contributed by atoms with E-state index in [0.717, 1.165) is 23.7 Å². The van der Waals surface area contributed by atoms with Gasteiger partial charge in [-0.15, -0.1) is 0 Å². The summed E-state index contributed by atoms with van der Waals surface area (Å²) < 4.78 is 0. The topological polar surface area (TPSA) is 12.0 Å². The monoisotopic (exact) mass is 293 g/mol. The second-order valence-corrected chi connectivity index (χ2v) is 8.59. The normalized spacial score (nSPS) is 33.0. The van der Waals surface area contributed by atoms with Crippen molar-refractivity contribution in [3.05, 3.63) is 0 Å². The zero-order valence-electron chi connectivity index (χ0n) is 15.1. The first-order chi connectivity index (χ1) is 10.1. The second kappa shape index (κ2) is 7.99. The number of unbranched alkanes of at least 4 members (excludes halogenated alkanes) is 1. The minimum absolute atomic E-state index is 0.659. The highest BCUT2D eigenvalue weighted by molar-refractivity contribution is 5.02. The third-order valence-corrected chi connectivity index (χ3v) is 6.37. The van der Waals surface area contributed by atoms with E-state index in [9.17, 15) is 0 Å². The lowest BCUT2D eigenvalue weighted by Gasteiger charge is -2.41. The lowest BCUT2D eigenvalue weighted by atomic mass is 9.67. The Labute approximate surface area is 133 Å². The van der Waals surface area contributed by atoms with Crippen LogP contribution in [-0.2, 0) is 0 Å². The predicted molar refractivity (Wildman–Crippen MR) is 93.5 cm³/mol. The Morgan fingerprint density at radius 1 is 1.19 bits per heavy atom. The van der Waals surface area contributed by atoms with Crippen LogP contribution in [0.1, 0.15) is 85.5 Å². The summed E-state index contributed by atoms with van der Waals surface area (Å²) in [6.07, 6.45) is 13.3. The van der Waals surface area contributed by atoms with Gasteiger partial charge in [0.2, 0.25) is 0 Å². The van der Waals surface area contributed by atoms with E-state index in [1.165, 1.54) is 64.5 Å². The molecule has 0 spiro atoms. The van der Waals surface area contributed by atoms with Crippen LogP contribution in [0, 0.1) is 29.1 Å². The van der Waals surface area contributed by atoms with Gasteiger partial charge in [-0.05, 0) is 61.3 Å². The van der Waals surface area contributed by atoms with Crippen molar-refractivity contribution < 1.29 is 0 Å². The van der Waals surface area contributed by atoms with Crippen LogP contribution in [0.2, 0.25) is 0 Å². The minimum Gasteiger partial charge on any atom is -0.316 e. The van der Waals surface area contributed by atoms with Gasteiger partial charge in [0, 0.05) is 6.54 Å². The first kappa shape index (κ1) is 17.3. The summed E-state index contributed by atoms with van der Waals surface area (Å²) in [4.78, 5) is 0. The van der Waals surface area contributed by atoms with Crippen LogP contribution in [0.15, 0.2) is 0 Å². The highest BCUT2D eigenvalue weighted by atomic mass is 14.9. The van der Waals surface area contributed by atoms with Crippen molar-refractivity contribution in [2.24, 2.45) is 29.1 Å². The van der Waals surface area contributed by atoms with Gasteiger partial charge in [0.25, 0.3) is 0 Å². The minimum atomic E-state index is 0.659. The molecule has 1 heteroatoms. The molecule has 4 unspecified atom stereocenters. The molecular formula is C20H39N. The van der Waals surface area contributed by atoms with Gasteiger partial charge in [-0.1, -0.05) is 59.8 Å². The summed E-state index contributed by atoms with van der Waals surface area (Å²) in [5, 5.41) is 3.84. The van der Waals surface area contributed by atoms with Crippen LogP contribution >= 0.6 is 0 Å². The average molecular weight is 294 g/mol. The molecule has 0 heterocycles. The Morgan fingerprint density at radius 3 is 2.52 bits per heavy atom. The molecule has 0 radical (unpaired) electrons. The maximum Gasteiger partial charge on any atom is 0.00108 e. The molecule has 0 aromatic rings. The fraction of sp³-hybridized carbons (Fsp3) is 1.00. The summed E-state index contributed by atoms with van der Waals surface area (Å²) in [5.74, 6) is 3.87. The molecule has 2 aliphatic carbocycles. The Morgan fingerprint density at radius 2 is 2.00 bits per heavy atom. The van der Waals surface area contributed by atoms with Gasteiger partial charge in [-0.3, -0.25) is 0 Å². The summed E-state index contributed by atoms with van der Waals surface area (Å²) >= 11 is 0. The summed E-state index contributed by atoms with van der Waals surface area (Å²) in [6.45, 7) is 11.9. The Hall–Kier alpha value is -0.0400. The van der Waals surface area contributed by atoms with Gasteiger partial charge in [0.05, 0.1) is 0 Å². The van der Waals surface area contributed by atoms with Gasteiger partial charge in [-0.2, -0.15) is 0 Å². The maximum absolute atomic E-state index is 3.84. The van der Waals surface area contributed by atoms with E-state index in [-0.39, 0.29) is 0 Å². The Balaban J connectivity index is 1.95. The molecule has 1 N–H and O–H groups in total.